The first-order valence-corrected chi connectivity index (χ1v) is 6.74. The van der Waals surface area contributed by atoms with Gasteiger partial charge in [-0.05, 0) is 24.8 Å². The summed E-state index contributed by atoms with van der Waals surface area (Å²) in [6, 6.07) is 8.84. The van der Waals surface area contributed by atoms with Gasteiger partial charge in [0.25, 0.3) is 0 Å². The fourth-order valence-electron chi connectivity index (χ4n) is 2.02. The van der Waals surface area contributed by atoms with Gasteiger partial charge in [-0.15, -0.1) is 0 Å². The van der Waals surface area contributed by atoms with Crippen LogP contribution in [0.2, 0.25) is 0 Å². The van der Waals surface area contributed by atoms with Crippen LogP contribution in [0.5, 0.6) is 0 Å². The lowest BCUT2D eigenvalue weighted by Crippen LogP contribution is -2.10. The fourth-order valence-corrected chi connectivity index (χ4v) is 2.02. The molecule has 1 aromatic carbocycles. The van der Waals surface area contributed by atoms with E-state index in [2.05, 4.69) is 64.0 Å². The van der Waals surface area contributed by atoms with Crippen molar-refractivity contribution in [3.63, 3.8) is 0 Å². The van der Waals surface area contributed by atoms with E-state index in [0.717, 1.165) is 16.9 Å². The molecule has 0 saturated carbocycles. The van der Waals surface area contributed by atoms with Crippen molar-refractivity contribution in [2.45, 2.75) is 46.1 Å². The van der Waals surface area contributed by atoms with E-state index in [1.165, 1.54) is 5.56 Å². The van der Waals surface area contributed by atoms with Crippen molar-refractivity contribution < 1.29 is 0 Å². The smallest absolute Gasteiger partial charge is 0.115 e. The van der Waals surface area contributed by atoms with Crippen LogP contribution in [0.15, 0.2) is 30.5 Å². The highest BCUT2D eigenvalue weighted by molar-refractivity contribution is 5.72. The molecule has 2 N–H and O–H groups in total. The summed E-state index contributed by atoms with van der Waals surface area (Å²) in [4.78, 5) is 0. The van der Waals surface area contributed by atoms with E-state index in [1.54, 1.807) is 0 Å². The second-order valence-corrected chi connectivity index (χ2v) is 6.33. The van der Waals surface area contributed by atoms with Crippen LogP contribution < -0.4 is 5.73 Å². The highest BCUT2D eigenvalue weighted by Crippen LogP contribution is 2.28. The molecule has 19 heavy (non-hydrogen) atoms. The minimum Gasteiger partial charge on any atom is -0.396 e. The third kappa shape index (κ3) is 2.80. The Hall–Kier alpha value is -1.77. The van der Waals surface area contributed by atoms with Crippen LogP contribution in [0, 0.1) is 0 Å². The van der Waals surface area contributed by atoms with Gasteiger partial charge in [0.05, 0.1) is 5.69 Å². The Balaban J connectivity index is 2.37. The molecule has 1 aromatic heterocycles. The maximum Gasteiger partial charge on any atom is 0.115 e. The Morgan fingerprint density at radius 2 is 1.68 bits per heavy atom. The summed E-state index contributed by atoms with van der Waals surface area (Å²) in [5.41, 5.74) is 10.2. The molecule has 2 rings (SSSR count). The molecule has 0 aliphatic rings. The van der Waals surface area contributed by atoms with Gasteiger partial charge < -0.3 is 5.73 Å². The molecule has 0 aliphatic heterocycles. The highest BCUT2D eigenvalue weighted by Gasteiger charge is 2.15. The minimum atomic E-state index is 0.168. The van der Waals surface area contributed by atoms with E-state index in [0.29, 0.717) is 6.04 Å². The van der Waals surface area contributed by atoms with Gasteiger partial charge in [-0.2, -0.15) is 5.10 Å². The largest absolute Gasteiger partial charge is 0.396 e. The van der Waals surface area contributed by atoms with Gasteiger partial charge >= 0.3 is 0 Å². The number of nitrogens with zero attached hydrogens (tertiary/aromatic N) is 2. The molecule has 0 atom stereocenters. The second kappa shape index (κ2) is 4.72. The lowest BCUT2D eigenvalue weighted by Gasteiger charge is -2.19. The van der Waals surface area contributed by atoms with Gasteiger partial charge in [0, 0.05) is 17.8 Å². The first kappa shape index (κ1) is 13.7. The fraction of sp³-hybridized carbons (Fsp3) is 0.438. The summed E-state index contributed by atoms with van der Waals surface area (Å²) in [5, 5.41) is 4.56. The van der Waals surface area contributed by atoms with Crippen LogP contribution in [0.1, 0.15) is 46.2 Å². The lowest BCUT2D eigenvalue weighted by molar-refractivity contribution is 0.534. The molecule has 102 valence electrons. The summed E-state index contributed by atoms with van der Waals surface area (Å²) >= 11 is 0. The Labute approximate surface area is 115 Å². The molecule has 0 fully saturated rings. The Kier molecular flexibility index (Phi) is 3.40. The number of hydrogen-bond acceptors (Lipinski definition) is 2. The molecule has 0 unspecified atom stereocenters. The van der Waals surface area contributed by atoms with Gasteiger partial charge in [0.15, 0.2) is 0 Å². The molecule has 3 nitrogen and oxygen atoms in total. The van der Waals surface area contributed by atoms with E-state index in [9.17, 15) is 0 Å². The molecule has 0 spiro atoms. The van der Waals surface area contributed by atoms with Crippen LogP contribution in [0.25, 0.3) is 11.3 Å². The number of hydrogen-bond donors (Lipinski definition) is 1. The molecular formula is C16H23N3. The zero-order valence-electron chi connectivity index (χ0n) is 12.4. The summed E-state index contributed by atoms with van der Waals surface area (Å²) in [5.74, 6) is 0. The number of nitrogen functional groups attached to an aromatic ring is 1. The van der Waals surface area contributed by atoms with Crippen molar-refractivity contribution in [3.8, 4) is 11.3 Å². The van der Waals surface area contributed by atoms with Crippen molar-refractivity contribution in [1.82, 2.24) is 9.78 Å². The number of benzene rings is 1. The van der Waals surface area contributed by atoms with Crippen molar-refractivity contribution in [3.05, 3.63) is 36.0 Å². The monoisotopic (exact) mass is 257 g/mol. The number of aromatic nitrogens is 2. The normalized spacial score (nSPS) is 12.1. The second-order valence-electron chi connectivity index (χ2n) is 6.33. The van der Waals surface area contributed by atoms with Crippen LogP contribution in [0.3, 0.4) is 0 Å². The Morgan fingerprint density at radius 3 is 2.11 bits per heavy atom. The first-order chi connectivity index (χ1) is 8.79. The zero-order valence-corrected chi connectivity index (χ0v) is 12.4. The Morgan fingerprint density at radius 1 is 1.11 bits per heavy atom. The number of rotatable bonds is 2. The van der Waals surface area contributed by atoms with E-state index < -0.39 is 0 Å². The molecule has 0 saturated heterocycles. The highest BCUT2D eigenvalue weighted by atomic mass is 15.3. The van der Waals surface area contributed by atoms with Gasteiger partial charge in [0.2, 0.25) is 0 Å². The third-order valence-corrected chi connectivity index (χ3v) is 3.31. The molecule has 3 heteroatoms. The summed E-state index contributed by atoms with van der Waals surface area (Å²) in [7, 11) is 0. The predicted molar refractivity (Wildman–Crippen MR) is 81.2 cm³/mol. The van der Waals surface area contributed by atoms with Gasteiger partial charge in [0.1, 0.15) is 5.69 Å². The van der Waals surface area contributed by atoms with Crippen LogP contribution in [0.4, 0.5) is 5.69 Å². The number of anilines is 1. The molecular weight excluding hydrogens is 234 g/mol. The summed E-state index contributed by atoms with van der Waals surface area (Å²) < 4.78 is 1.91. The molecule has 0 radical (unpaired) electrons. The van der Waals surface area contributed by atoms with E-state index in [-0.39, 0.29) is 5.41 Å². The molecule has 1 heterocycles. The van der Waals surface area contributed by atoms with Crippen LogP contribution in [-0.2, 0) is 5.41 Å². The predicted octanol–water partition coefficient (Wildman–Crippen LogP) is 4.01. The van der Waals surface area contributed by atoms with Gasteiger partial charge in [-0.1, -0.05) is 45.0 Å². The SMILES string of the molecule is CC(C)n1cc(N)c(-c2ccc(C(C)(C)C)cc2)n1. The topological polar surface area (TPSA) is 43.8 Å². The molecule has 0 amide bonds. The lowest BCUT2D eigenvalue weighted by atomic mass is 9.86. The quantitative estimate of drug-likeness (QED) is 0.883. The molecule has 0 aliphatic carbocycles. The van der Waals surface area contributed by atoms with E-state index in [4.69, 9.17) is 5.73 Å². The van der Waals surface area contributed by atoms with Crippen molar-refractivity contribution >= 4 is 5.69 Å². The molecule has 0 bridgehead atoms. The van der Waals surface area contributed by atoms with Gasteiger partial charge in [-0.25, -0.2) is 0 Å². The van der Waals surface area contributed by atoms with Crippen molar-refractivity contribution in [2.24, 2.45) is 0 Å². The average Bonchev–Trinajstić information content (AvgIpc) is 2.70. The standard InChI is InChI=1S/C16H23N3/c1-11(2)19-10-14(17)15(18-19)12-6-8-13(9-7-12)16(3,4)5/h6-11H,17H2,1-5H3. The Bertz CT molecular complexity index is 557. The minimum absolute atomic E-state index is 0.168. The summed E-state index contributed by atoms with van der Waals surface area (Å²) in [6.45, 7) is 10.8. The molecule has 2 aromatic rings. The van der Waals surface area contributed by atoms with Crippen molar-refractivity contribution in [2.75, 3.05) is 5.73 Å². The van der Waals surface area contributed by atoms with E-state index in [1.807, 2.05) is 10.9 Å². The maximum atomic E-state index is 6.05. The third-order valence-electron chi connectivity index (χ3n) is 3.31. The van der Waals surface area contributed by atoms with Gasteiger partial charge in [-0.3, -0.25) is 4.68 Å². The van der Waals surface area contributed by atoms with Crippen LogP contribution in [-0.4, -0.2) is 9.78 Å². The first-order valence-electron chi connectivity index (χ1n) is 6.74. The average molecular weight is 257 g/mol. The maximum absolute atomic E-state index is 6.05. The van der Waals surface area contributed by atoms with E-state index >= 15 is 0 Å². The number of nitrogens with two attached hydrogens (primary N) is 1. The summed E-state index contributed by atoms with van der Waals surface area (Å²) in [6.07, 6.45) is 1.90. The zero-order chi connectivity index (χ0) is 14.2. The van der Waals surface area contributed by atoms with Crippen LogP contribution >= 0.6 is 0 Å². The van der Waals surface area contributed by atoms with Crippen molar-refractivity contribution in [1.29, 1.82) is 0 Å².